The average molecular weight is 374 g/mol. The second kappa shape index (κ2) is 8.42. The van der Waals surface area contributed by atoms with Crippen molar-refractivity contribution < 1.29 is 4.79 Å². The summed E-state index contributed by atoms with van der Waals surface area (Å²) in [6.07, 6.45) is 7.90. The molecule has 0 atom stereocenters. The van der Waals surface area contributed by atoms with Crippen LogP contribution in [-0.4, -0.2) is 16.7 Å². The van der Waals surface area contributed by atoms with Crippen LogP contribution in [-0.2, 0) is 30.6 Å². The van der Waals surface area contributed by atoms with E-state index in [-0.39, 0.29) is 5.91 Å². The first-order chi connectivity index (χ1) is 13.8. The molecule has 28 heavy (non-hydrogen) atoms. The van der Waals surface area contributed by atoms with Gasteiger partial charge in [0.15, 0.2) is 0 Å². The van der Waals surface area contributed by atoms with Gasteiger partial charge in [-0.05, 0) is 54.9 Å². The Morgan fingerprint density at radius 2 is 1.89 bits per heavy atom. The Hall–Kier alpha value is -2.88. The molecule has 144 valence electrons. The van der Waals surface area contributed by atoms with E-state index in [2.05, 4.69) is 58.4 Å². The Labute approximate surface area is 166 Å². The molecule has 1 amide bonds. The number of hydrogen-bond acceptors (Lipinski definition) is 2. The minimum atomic E-state index is -0.0521. The van der Waals surface area contributed by atoms with Gasteiger partial charge in [-0.15, -0.1) is 0 Å². The molecule has 0 spiro atoms. The Bertz CT molecular complexity index is 999. The van der Waals surface area contributed by atoms with Gasteiger partial charge in [-0.3, -0.25) is 4.79 Å². The fourth-order valence-corrected chi connectivity index (χ4v) is 4.13. The summed E-state index contributed by atoms with van der Waals surface area (Å²) in [4.78, 5) is 12.3. The summed E-state index contributed by atoms with van der Waals surface area (Å²) in [5.41, 5.74) is 9.10. The number of hydrazone groups is 1. The zero-order valence-electron chi connectivity index (χ0n) is 16.4. The second-order valence-electron chi connectivity index (χ2n) is 7.44. The summed E-state index contributed by atoms with van der Waals surface area (Å²) < 4.78 is 2.34. The van der Waals surface area contributed by atoms with Gasteiger partial charge in [-0.25, -0.2) is 5.43 Å². The molecular weight excluding hydrogens is 346 g/mol. The summed E-state index contributed by atoms with van der Waals surface area (Å²) in [7, 11) is 0. The molecule has 0 saturated carbocycles. The van der Waals surface area contributed by atoms with Crippen LogP contribution in [0.1, 0.15) is 48.6 Å². The molecule has 0 bridgehead atoms. The van der Waals surface area contributed by atoms with Crippen LogP contribution in [0.15, 0.2) is 53.6 Å². The molecule has 1 aromatic heterocycles. The Kier molecular flexibility index (Phi) is 5.56. The van der Waals surface area contributed by atoms with Crippen LogP contribution in [0.3, 0.4) is 0 Å². The predicted molar refractivity (Wildman–Crippen MR) is 115 cm³/mol. The Balaban J connectivity index is 1.40. The molecule has 0 unspecified atom stereocenters. The lowest BCUT2D eigenvalue weighted by Crippen LogP contribution is -2.20. The fraction of sp³-hybridized carbons (Fsp3) is 0.333. The minimum absolute atomic E-state index is 0.0521. The smallest absolute Gasteiger partial charge is 0.241 e. The normalized spacial score (nSPS) is 13.8. The van der Waals surface area contributed by atoms with Crippen LogP contribution in [0.5, 0.6) is 0 Å². The first-order valence-corrected chi connectivity index (χ1v) is 10.3. The molecule has 4 nitrogen and oxygen atoms in total. The van der Waals surface area contributed by atoms with Gasteiger partial charge < -0.3 is 4.57 Å². The molecule has 1 aliphatic carbocycles. The van der Waals surface area contributed by atoms with E-state index in [4.69, 9.17) is 0 Å². The van der Waals surface area contributed by atoms with Crippen molar-refractivity contribution in [3.8, 4) is 0 Å². The monoisotopic (exact) mass is 373 g/mol. The number of fused-ring (bicyclic) bond motifs is 3. The van der Waals surface area contributed by atoms with Gasteiger partial charge in [0, 0.05) is 29.6 Å². The highest BCUT2D eigenvalue weighted by Crippen LogP contribution is 2.32. The first kappa shape index (κ1) is 18.5. The molecule has 0 saturated heterocycles. The van der Waals surface area contributed by atoms with Crippen LogP contribution < -0.4 is 5.43 Å². The highest BCUT2D eigenvalue weighted by molar-refractivity contribution is 5.86. The fourth-order valence-electron chi connectivity index (χ4n) is 4.13. The zero-order valence-corrected chi connectivity index (χ0v) is 16.4. The maximum Gasteiger partial charge on any atom is 0.241 e. The molecule has 3 aromatic rings. The second-order valence-corrected chi connectivity index (χ2v) is 7.44. The number of carbonyl (C=O) groups excluding carboxylic acids is 1. The lowest BCUT2D eigenvalue weighted by atomic mass is 9.95. The van der Waals surface area contributed by atoms with E-state index in [1.165, 1.54) is 40.6 Å². The van der Waals surface area contributed by atoms with Crippen molar-refractivity contribution in [2.24, 2.45) is 5.10 Å². The van der Waals surface area contributed by atoms with Crippen molar-refractivity contribution in [3.63, 3.8) is 0 Å². The summed E-state index contributed by atoms with van der Waals surface area (Å²) in [6.45, 7) is 2.83. The number of amides is 1. The number of benzene rings is 2. The van der Waals surface area contributed by atoms with Gasteiger partial charge in [0.2, 0.25) is 5.91 Å². The number of aryl methyl sites for hydroxylation is 3. The highest BCUT2D eigenvalue weighted by Gasteiger charge is 2.19. The molecule has 1 aliphatic rings. The van der Waals surface area contributed by atoms with Crippen LogP contribution in [0.4, 0.5) is 0 Å². The van der Waals surface area contributed by atoms with E-state index < -0.39 is 0 Å². The number of para-hydroxylation sites is 1. The van der Waals surface area contributed by atoms with Crippen LogP contribution in [0.25, 0.3) is 10.9 Å². The van der Waals surface area contributed by atoms with Gasteiger partial charge in [0.25, 0.3) is 0 Å². The molecule has 2 aromatic carbocycles. The number of nitrogens with zero attached hydrogens (tertiary/aromatic N) is 2. The van der Waals surface area contributed by atoms with E-state index in [0.717, 1.165) is 24.8 Å². The van der Waals surface area contributed by atoms with Crippen molar-refractivity contribution in [1.82, 2.24) is 9.99 Å². The summed E-state index contributed by atoms with van der Waals surface area (Å²) >= 11 is 0. The molecular formula is C24H27N3O. The van der Waals surface area contributed by atoms with Gasteiger partial charge in [-0.2, -0.15) is 5.10 Å². The molecule has 0 fully saturated rings. The van der Waals surface area contributed by atoms with E-state index in [0.29, 0.717) is 13.0 Å². The lowest BCUT2D eigenvalue weighted by molar-refractivity contribution is -0.121. The SMILES string of the molecule is CCc1ccc(C=NNC(=O)CCn2c3c(c4ccccc42)CCCC3)cc1. The van der Waals surface area contributed by atoms with E-state index in [1.807, 2.05) is 12.1 Å². The highest BCUT2D eigenvalue weighted by atomic mass is 16.2. The molecule has 0 aliphatic heterocycles. The lowest BCUT2D eigenvalue weighted by Gasteiger charge is -2.15. The summed E-state index contributed by atoms with van der Waals surface area (Å²) in [5, 5.41) is 5.47. The Morgan fingerprint density at radius 3 is 2.71 bits per heavy atom. The Morgan fingerprint density at radius 1 is 1.11 bits per heavy atom. The van der Waals surface area contributed by atoms with Crippen molar-refractivity contribution in [1.29, 1.82) is 0 Å². The van der Waals surface area contributed by atoms with Crippen LogP contribution in [0, 0.1) is 0 Å². The third-order valence-corrected chi connectivity index (χ3v) is 5.64. The van der Waals surface area contributed by atoms with Gasteiger partial charge in [0.05, 0.1) is 6.21 Å². The molecule has 4 rings (SSSR count). The number of hydrogen-bond donors (Lipinski definition) is 1. The number of carbonyl (C=O) groups is 1. The number of aromatic nitrogens is 1. The number of rotatable bonds is 6. The van der Waals surface area contributed by atoms with Crippen molar-refractivity contribution >= 4 is 23.0 Å². The van der Waals surface area contributed by atoms with E-state index in [1.54, 1.807) is 6.21 Å². The van der Waals surface area contributed by atoms with Gasteiger partial charge >= 0.3 is 0 Å². The molecule has 0 radical (unpaired) electrons. The van der Waals surface area contributed by atoms with Crippen LogP contribution >= 0.6 is 0 Å². The predicted octanol–water partition coefficient (Wildman–Crippen LogP) is 4.62. The van der Waals surface area contributed by atoms with Crippen LogP contribution in [0.2, 0.25) is 0 Å². The topological polar surface area (TPSA) is 46.4 Å². The maximum absolute atomic E-state index is 12.3. The maximum atomic E-state index is 12.3. The summed E-state index contributed by atoms with van der Waals surface area (Å²) in [6, 6.07) is 16.8. The molecule has 1 N–H and O–H groups in total. The summed E-state index contributed by atoms with van der Waals surface area (Å²) in [5.74, 6) is -0.0521. The zero-order chi connectivity index (χ0) is 19.3. The standard InChI is InChI=1S/C24H27N3O/c1-2-18-11-13-19(14-12-18)17-25-26-24(28)15-16-27-22-9-5-3-7-20(22)21-8-4-6-10-23(21)27/h3,5,7,9,11-14,17H,2,4,6,8,10,15-16H2,1H3,(H,26,28). The third kappa shape index (κ3) is 3.86. The quantitative estimate of drug-likeness (QED) is 0.497. The molecule has 1 heterocycles. The molecule has 4 heteroatoms. The first-order valence-electron chi connectivity index (χ1n) is 10.3. The van der Waals surface area contributed by atoms with Crippen molar-refractivity contribution in [2.45, 2.75) is 52.0 Å². The van der Waals surface area contributed by atoms with Crippen molar-refractivity contribution in [3.05, 3.63) is 70.9 Å². The average Bonchev–Trinajstić information content (AvgIpc) is 3.07. The van der Waals surface area contributed by atoms with E-state index >= 15 is 0 Å². The minimum Gasteiger partial charge on any atom is -0.344 e. The number of nitrogens with one attached hydrogen (secondary N) is 1. The van der Waals surface area contributed by atoms with Crippen molar-refractivity contribution in [2.75, 3.05) is 0 Å². The van der Waals surface area contributed by atoms with Gasteiger partial charge in [0.1, 0.15) is 0 Å². The third-order valence-electron chi connectivity index (χ3n) is 5.64. The largest absolute Gasteiger partial charge is 0.344 e. The van der Waals surface area contributed by atoms with Gasteiger partial charge in [-0.1, -0.05) is 49.4 Å². The van der Waals surface area contributed by atoms with E-state index in [9.17, 15) is 4.79 Å².